The monoisotopic (exact) mass is 212 g/mol. The fourth-order valence-corrected chi connectivity index (χ4v) is 1.20. The minimum atomic E-state index is -0.197. The van der Waals surface area contributed by atoms with Crippen LogP contribution in [0.15, 0.2) is 12.2 Å². The maximum Gasteiger partial charge on any atom is 0.302 e. The van der Waals surface area contributed by atoms with Crippen molar-refractivity contribution < 1.29 is 9.53 Å². The Bertz CT molecular complexity index is 215. The van der Waals surface area contributed by atoms with Crippen molar-refractivity contribution in [2.75, 3.05) is 6.61 Å². The van der Waals surface area contributed by atoms with Gasteiger partial charge in [0.25, 0.3) is 0 Å². The van der Waals surface area contributed by atoms with E-state index in [1.807, 2.05) is 0 Å². The molecule has 0 saturated carbocycles. The molecule has 0 N–H and O–H groups in total. The molecule has 0 heterocycles. The lowest BCUT2D eigenvalue weighted by molar-refractivity contribution is -0.141. The molecule has 0 bridgehead atoms. The highest BCUT2D eigenvalue weighted by molar-refractivity contribution is 5.65. The molecule has 2 heteroatoms. The molecule has 0 radical (unpaired) electrons. The van der Waals surface area contributed by atoms with E-state index < -0.39 is 0 Å². The van der Waals surface area contributed by atoms with Crippen LogP contribution in [0.25, 0.3) is 0 Å². The highest BCUT2D eigenvalue weighted by atomic mass is 16.5. The molecule has 0 spiro atoms. The van der Waals surface area contributed by atoms with Crippen LogP contribution in [0.2, 0.25) is 0 Å². The Morgan fingerprint density at radius 3 is 2.47 bits per heavy atom. The third-order valence-corrected chi connectivity index (χ3v) is 2.23. The molecule has 0 rings (SSSR count). The largest absolute Gasteiger partial charge is 0.466 e. The van der Waals surface area contributed by atoms with Crippen molar-refractivity contribution in [2.45, 2.75) is 47.5 Å². The van der Waals surface area contributed by atoms with Crippen molar-refractivity contribution >= 4 is 5.97 Å². The van der Waals surface area contributed by atoms with Gasteiger partial charge in [-0.1, -0.05) is 39.8 Å². The molecular weight excluding hydrogens is 188 g/mol. The summed E-state index contributed by atoms with van der Waals surface area (Å²) in [7, 11) is 0. The van der Waals surface area contributed by atoms with Crippen molar-refractivity contribution in [3.63, 3.8) is 0 Å². The smallest absolute Gasteiger partial charge is 0.302 e. The number of ether oxygens (including phenoxy) is 1. The fourth-order valence-electron chi connectivity index (χ4n) is 1.20. The minimum Gasteiger partial charge on any atom is -0.466 e. The van der Waals surface area contributed by atoms with E-state index in [-0.39, 0.29) is 11.4 Å². The molecule has 0 amide bonds. The summed E-state index contributed by atoms with van der Waals surface area (Å²) in [5, 5.41) is 0. The quantitative estimate of drug-likeness (QED) is 0.497. The van der Waals surface area contributed by atoms with E-state index in [1.54, 1.807) is 0 Å². The van der Waals surface area contributed by atoms with Crippen molar-refractivity contribution in [1.29, 1.82) is 0 Å². The van der Waals surface area contributed by atoms with E-state index in [0.717, 1.165) is 12.8 Å². The molecule has 0 fully saturated rings. The van der Waals surface area contributed by atoms with Gasteiger partial charge in [0.2, 0.25) is 0 Å². The summed E-state index contributed by atoms with van der Waals surface area (Å²) >= 11 is 0. The average molecular weight is 212 g/mol. The molecule has 0 aromatic rings. The maximum absolute atomic E-state index is 10.6. The Hall–Kier alpha value is -0.790. The number of hydrogen-bond acceptors (Lipinski definition) is 2. The van der Waals surface area contributed by atoms with Gasteiger partial charge in [-0.05, 0) is 24.2 Å². The number of carbonyl (C=O) groups excluding carboxylic acids is 1. The molecule has 2 nitrogen and oxygen atoms in total. The lowest BCUT2D eigenvalue weighted by Crippen LogP contribution is -2.13. The molecule has 0 aromatic carbocycles. The van der Waals surface area contributed by atoms with E-state index in [9.17, 15) is 4.79 Å². The number of rotatable bonds is 6. The predicted octanol–water partition coefficient (Wildman–Crippen LogP) is 3.57. The number of esters is 1. The van der Waals surface area contributed by atoms with Gasteiger partial charge >= 0.3 is 5.97 Å². The highest BCUT2D eigenvalue weighted by Crippen LogP contribution is 2.22. The summed E-state index contributed by atoms with van der Waals surface area (Å²) in [4.78, 5) is 10.6. The standard InChI is InChI=1S/C13H24O2/c1-11(2)7-6-8-13(4,5)9-10-15-12(3)14/h6,8,11H,7,9-10H2,1-5H3/b8-6+. The first-order valence-electron chi connectivity index (χ1n) is 5.64. The van der Waals surface area contributed by atoms with Crippen LogP contribution in [0, 0.1) is 11.3 Å². The lowest BCUT2D eigenvalue weighted by Gasteiger charge is -2.19. The van der Waals surface area contributed by atoms with Crippen LogP contribution in [-0.4, -0.2) is 12.6 Å². The van der Waals surface area contributed by atoms with Gasteiger partial charge in [-0.3, -0.25) is 4.79 Å². The van der Waals surface area contributed by atoms with Crippen LogP contribution < -0.4 is 0 Å². The molecule has 15 heavy (non-hydrogen) atoms. The zero-order chi connectivity index (χ0) is 11.9. The average Bonchev–Trinajstić information content (AvgIpc) is 2.01. The Morgan fingerprint density at radius 2 is 2.00 bits per heavy atom. The summed E-state index contributed by atoms with van der Waals surface area (Å²) in [5.74, 6) is 0.502. The SMILES string of the molecule is CC(=O)OCCC(C)(C)/C=C/CC(C)C. The number of allylic oxidation sites excluding steroid dienone is 2. The molecule has 0 atom stereocenters. The summed E-state index contributed by atoms with van der Waals surface area (Å²) in [6.07, 6.45) is 6.42. The molecule has 0 aromatic heterocycles. The predicted molar refractivity (Wildman–Crippen MR) is 63.6 cm³/mol. The number of hydrogen-bond donors (Lipinski definition) is 0. The van der Waals surface area contributed by atoms with Crippen molar-refractivity contribution in [1.82, 2.24) is 0 Å². The van der Waals surface area contributed by atoms with Crippen molar-refractivity contribution in [3.8, 4) is 0 Å². The highest BCUT2D eigenvalue weighted by Gasteiger charge is 2.13. The first kappa shape index (κ1) is 14.2. The Kier molecular flexibility index (Phi) is 6.30. The lowest BCUT2D eigenvalue weighted by atomic mass is 9.88. The first-order chi connectivity index (χ1) is 6.83. The summed E-state index contributed by atoms with van der Waals surface area (Å²) in [6.45, 7) is 10.7. The first-order valence-corrected chi connectivity index (χ1v) is 5.64. The molecule has 88 valence electrons. The van der Waals surface area contributed by atoms with Crippen LogP contribution in [0.1, 0.15) is 47.5 Å². The third kappa shape index (κ3) is 9.51. The van der Waals surface area contributed by atoms with Crippen LogP contribution in [0.4, 0.5) is 0 Å². The molecular formula is C13H24O2. The Labute approximate surface area is 93.7 Å². The van der Waals surface area contributed by atoms with Crippen molar-refractivity contribution in [3.05, 3.63) is 12.2 Å². The Morgan fingerprint density at radius 1 is 1.40 bits per heavy atom. The molecule has 0 aliphatic rings. The minimum absolute atomic E-state index is 0.115. The zero-order valence-corrected chi connectivity index (χ0v) is 10.7. The second-order valence-electron chi connectivity index (χ2n) is 5.11. The third-order valence-electron chi connectivity index (χ3n) is 2.23. The summed E-state index contributed by atoms with van der Waals surface area (Å²) < 4.78 is 4.93. The second kappa shape index (κ2) is 6.65. The van der Waals surface area contributed by atoms with Crippen LogP contribution in [-0.2, 0) is 9.53 Å². The van der Waals surface area contributed by atoms with E-state index in [2.05, 4.69) is 39.8 Å². The summed E-state index contributed by atoms with van der Waals surface area (Å²) in [5.41, 5.74) is 0.115. The van der Waals surface area contributed by atoms with Gasteiger partial charge < -0.3 is 4.74 Å². The summed E-state index contributed by atoms with van der Waals surface area (Å²) in [6, 6.07) is 0. The normalized spacial score (nSPS) is 12.4. The number of carbonyl (C=O) groups is 1. The Balaban J connectivity index is 3.85. The van der Waals surface area contributed by atoms with Crippen LogP contribution in [0.3, 0.4) is 0 Å². The van der Waals surface area contributed by atoms with Gasteiger partial charge in [-0.2, -0.15) is 0 Å². The van der Waals surface area contributed by atoms with Crippen LogP contribution >= 0.6 is 0 Å². The van der Waals surface area contributed by atoms with E-state index >= 15 is 0 Å². The van der Waals surface area contributed by atoms with Crippen molar-refractivity contribution in [2.24, 2.45) is 11.3 Å². The van der Waals surface area contributed by atoms with Crippen LogP contribution in [0.5, 0.6) is 0 Å². The fraction of sp³-hybridized carbons (Fsp3) is 0.769. The molecule has 0 saturated heterocycles. The van der Waals surface area contributed by atoms with E-state index in [4.69, 9.17) is 4.74 Å². The zero-order valence-electron chi connectivity index (χ0n) is 10.7. The van der Waals surface area contributed by atoms with Gasteiger partial charge in [-0.15, -0.1) is 0 Å². The van der Waals surface area contributed by atoms with E-state index in [1.165, 1.54) is 6.92 Å². The van der Waals surface area contributed by atoms with Gasteiger partial charge in [0.1, 0.15) is 0 Å². The van der Waals surface area contributed by atoms with Gasteiger partial charge in [-0.25, -0.2) is 0 Å². The topological polar surface area (TPSA) is 26.3 Å². The molecule has 0 unspecified atom stereocenters. The van der Waals surface area contributed by atoms with E-state index in [0.29, 0.717) is 12.5 Å². The van der Waals surface area contributed by atoms with Gasteiger partial charge in [0.05, 0.1) is 6.61 Å². The molecule has 0 aliphatic carbocycles. The molecule has 0 aliphatic heterocycles. The maximum atomic E-state index is 10.6. The van der Waals surface area contributed by atoms with Gasteiger partial charge in [0, 0.05) is 6.92 Å². The second-order valence-corrected chi connectivity index (χ2v) is 5.11. The van der Waals surface area contributed by atoms with Gasteiger partial charge in [0.15, 0.2) is 0 Å².